The summed E-state index contributed by atoms with van der Waals surface area (Å²) in [6, 6.07) is 9.97. The Kier molecular flexibility index (Phi) is 2.43. The molecule has 0 aliphatic carbocycles. The van der Waals surface area contributed by atoms with E-state index in [-0.39, 0.29) is 5.82 Å². The topological polar surface area (TPSA) is 80.5 Å². The Morgan fingerprint density at radius 1 is 1.32 bits per heavy atom. The number of hydrogen-bond donors (Lipinski definition) is 1. The van der Waals surface area contributed by atoms with Gasteiger partial charge in [-0.15, -0.1) is 0 Å². The number of fused-ring (bicyclic) bond motifs is 1. The van der Waals surface area contributed by atoms with Crippen LogP contribution >= 0.6 is 0 Å². The van der Waals surface area contributed by atoms with Gasteiger partial charge in [0.1, 0.15) is 17.5 Å². The highest BCUT2D eigenvalue weighted by atomic mass is 15.0. The highest BCUT2D eigenvalue weighted by molar-refractivity contribution is 5.94. The second kappa shape index (κ2) is 4.10. The third-order valence-corrected chi connectivity index (χ3v) is 3.08. The Morgan fingerprint density at radius 3 is 2.84 bits per heavy atom. The van der Waals surface area contributed by atoms with E-state index in [1.165, 1.54) is 6.20 Å². The van der Waals surface area contributed by atoms with E-state index in [1.54, 1.807) is 0 Å². The van der Waals surface area contributed by atoms with Gasteiger partial charge in [0, 0.05) is 29.7 Å². The highest BCUT2D eigenvalue weighted by Crippen LogP contribution is 2.28. The lowest BCUT2D eigenvalue weighted by Gasteiger charge is -2.00. The molecule has 3 rings (SSSR count). The zero-order valence-corrected chi connectivity index (χ0v) is 10.3. The van der Waals surface area contributed by atoms with Crippen LogP contribution in [0.4, 0.5) is 5.82 Å². The molecule has 0 saturated carbocycles. The average Bonchev–Trinajstić information content (AvgIpc) is 2.77. The number of rotatable bonds is 1. The predicted octanol–water partition coefficient (Wildman–Crippen LogP) is 2.09. The summed E-state index contributed by atoms with van der Waals surface area (Å²) in [6.07, 6.45) is 3.42. The fourth-order valence-electron chi connectivity index (χ4n) is 2.13. The van der Waals surface area contributed by atoms with E-state index in [2.05, 4.69) is 9.97 Å². The third kappa shape index (κ3) is 1.70. The zero-order valence-electron chi connectivity index (χ0n) is 10.3. The number of para-hydroxylation sites is 1. The van der Waals surface area contributed by atoms with Gasteiger partial charge in [-0.05, 0) is 6.07 Å². The van der Waals surface area contributed by atoms with E-state index >= 15 is 0 Å². The van der Waals surface area contributed by atoms with Crippen LogP contribution in [0.25, 0.3) is 22.3 Å². The van der Waals surface area contributed by atoms with Gasteiger partial charge in [0.25, 0.3) is 0 Å². The van der Waals surface area contributed by atoms with Gasteiger partial charge in [-0.3, -0.25) is 0 Å². The first-order valence-corrected chi connectivity index (χ1v) is 5.78. The molecule has 0 atom stereocenters. The molecule has 19 heavy (non-hydrogen) atoms. The number of nitrogens with two attached hydrogens (primary N) is 1. The van der Waals surface area contributed by atoms with Crippen LogP contribution in [-0.4, -0.2) is 14.5 Å². The molecule has 0 amide bonds. The summed E-state index contributed by atoms with van der Waals surface area (Å²) in [5.41, 5.74) is 8.05. The number of nitriles is 1. The van der Waals surface area contributed by atoms with Crippen LogP contribution in [0, 0.1) is 11.3 Å². The summed E-state index contributed by atoms with van der Waals surface area (Å²) in [4.78, 5) is 8.43. The number of nitrogen functional groups attached to an aromatic ring is 1. The number of aryl methyl sites for hydroxylation is 1. The molecule has 0 spiro atoms. The van der Waals surface area contributed by atoms with Crippen molar-refractivity contribution in [2.45, 2.75) is 0 Å². The SMILES string of the molecule is Cn1cc(-c2ncc(C#N)c(N)n2)c2ccccc21. The predicted molar refractivity (Wildman–Crippen MR) is 73.1 cm³/mol. The molecule has 2 aromatic heterocycles. The van der Waals surface area contributed by atoms with Gasteiger partial charge < -0.3 is 10.3 Å². The smallest absolute Gasteiger partial charge is 0.163 e. The molecule has 0 unspecified atom stereocenters. The van der Waals surface area contributed by atoms with Crippen molar-refractivity contribution in [1.82, 2.24) is 14.5 Å². The van der Waals surface area contributed by atoms with E-state index < -0.39 is 0 Å². The first kappa shape index (κ1) is 11.2. The molecule has 0 aliphatic heterocycles. The van der Waals surface area contributed by atoms with Crippen molar-refractivity contribution < 1.29 is 0 Å². The summed E-state index contributed by atoms with van der Waals surface area (Å²) < 4.78 is 2.02. The molecule has 0 bridgehead atoms. The number of benzene rings is 1. The van der Waals surface area contributed by atoms with Crippen molar-refractivity contribution in [1.29, 1.82) is 5.26 Å². The second-order valence-electron chi connectivity index (χ2n) is 4.28. The second-order valence-corrected chi connectivity index (χ2v) is 4.28. The summed E-state index contributed by atoms with van der Waals surface area (Å²) >= 11 is 0. The van der Waals surface area contributed by atoms with Gasteiger partial charge >= 0.3 is 0 Å². The van der Waals surface area contributed by atoms with Crippen LogP contribution in [-0.2, 0) is 7.05 Å². The molecular weight excluding hydrogens is 238 g/mol. The van der Waals surface area contributed by atoms with Crippen molar-refractivity contribution in [2.75, 3.05) is 5.73 Å². The van der Waals surface area contributed by atoms with Crippen molar-refractivity contribution in [2.24, 2.45) is 7.05 Å². The Balaban J connectivity index is 2.25. The lowest BCUT2D eigenvalue weighted by atomic mass is 10.1. The van der Waals surface area contributed by atoms with Crippen molar-refractivity contribution >= 4 is 16.7 Å². The zero-order chi connectivity index (χ0) is 13.4. The highest BCUT2D eigenvalue weighted by Gasteiger charge is 2.12. The number of anilines is 1. The lowest BCUT2D eigenvalue weighted by molar-refractivity contribution is 0.968. The number of nitrogens with zero attached hydrogens (tertiary/aromatic N) is 4. The number of hydrogen-bond acceptors (Lipinski definition) is 4. The first-order chi connectivity index (χ1) is 9.20. The maximum atomic E-state index is 8.84. The van der Waals surface area contributed by atoms with Gasteiger partial charge in [0.2, 0.25) is 0 Å². The largest absolute Gasteiger partial charge is 0.382 e. The van der Waals surface area contributed by atoms with Crippen LogP contribution < -0.4 is 5.73 Å². The fourth-order valence-corrected chi connectivity index (χ4v) is 2.13. The van der Waals surface area contributed by atoms with Crippen molar-refractivity contribution in [3.05, 3.63) is 42.2 Å². The monoisotopic (exact) mass is 249 g/mol. The Bertz CT molecular complexity index is 810. The van der Waals surface area contributed by atoms with Crippen molar-refractivity contribution in [3.63, 3.8) is 0 Å². The Hall–Kier alpha value is -2.87. The van der Waals surface area contributed by atoms with E-state index in [0.29, 0.717) is 11.4 Å². The summed E-state index contributed by atoms with van der Waals surface area (Å²) in [5, 5.41) is 9.91. The molecule has 2 N–H and O–H groups in total. The number of aromatic nitrogens is 3. The summed E-state index contributed by atoms with van der Waals surface area (Å²) in [5.74, 6) is 0.744. The van der Waals surface area contributed by atoms with E-state index in [0.717, 1.165) is 16.5 Å². The molecule has 0 aliphatic rings. The summed E-state index contributed by atoms with van der Waals surface area (Å²) in [7, 11) is 1.97. The molecule has 0 radical (unpaired) electrons. The van der Waals surface area contributed by atoms with Crippen LogP contribution in [0.3, 0.4) is 0 Å². The van der Waals surface area contributed by atoms with E-state index in [1.807, 2.05) is 48.1 Å². The minimum absolute atomic E-state index is 0.209. The molecule has 5 heteroatoms. The third-order valence-electron chi connectivity index (χ3n) is 3.08. The quantitative estimate of drug-likeness (QED) is 0.716. The van der Waals surface area contributed by atoms with Gasteiger partial charge in [0.05, 0.1) is 6.20 Å². The molecule has 0 saturated heterocycles. The average molecular weight is 249 g/mol. The van der Waals surface area contributed by atoms with Crippen LogP contribution in [0.5, 0.6) is 0 Å². The van der Waals surface area contributed by atoms with Gasteiger partial charge in [-0.2, -0.15) is 5.26 Å². The van der Waals surface area contributed by atoms with Gasteiger partial charge in [0.15, 0.2) is 5.82 Å². The minimum atomic E-state index is 0.209. The standard InChI is InChI=1S/C14H11N5/c1-19-8-11(10-4-2-3-5-12(10)19)14-17-7-9(6-15)13(16)18-14/h2-5,7-8H,1H3,(H2,16,17,18). The molecule has 0 fully saturated rings. The van der Waals surface area contributed by atoms with E-state index in [4.69, 9.17) is 11.0 Å². The first-order valence-electron chi connectivity index (χ1n) is 5.78. The normalized spacial score (nSPS) is 10.5. The van der Waals surface area contributed by atoms with Gasteiger partial charge in [-0.25, -0.2) is 9.97 Å². The Labute approximate surface area is 109 Å². The molecule has 1 aromatic carbocycles. The fraction of sp³-hybridized carbons (Fsp3) is 0.0714. The molecule has 3 aromatic rings. The minimum Gasteiger partial charge on any atom is -0.382 e. The van der Waals surface area contributed by atoms with Crippen LogP contribution in [0.1, 0.15) is 5.56 Å². The van der Waals surface area contributed by atoms with Crippen LogP contribution in [0.15, 0.2) is 36.7 Å². The maximum absolute atomic E-state index is 8.84. The van der Waals surface area contributed by atoms with Crippen LogP contribution in [0.2, 0.25) is 0 Å². The molecule has 92 valence electrons. The molecular formula is C14H11N5. The summed E-state index contributed by atoms with van der Waals surface area (Å²) in [6.45, 7) is 0. The van der Waals surface area contributed by atoms with Crippen molar-refractivity contribution in [3.8, 4) is 17.5 Å². The Morgan fingerprint density at radius 2 is 2.11 bits per heavy atom. The molecule has 2 heterocycles. The van der Waals surface area contributed by atoms with E-state index in [9.17, 15) is 0 Å². The molecule has 5 nitrogen and oxygen atoms in total. The maximum Gasteiger partial charge on any atom is 0.163 e. The lowest BCUT2D eigenvalue weighted by Crippen LogP contribution is -1.98. The van der Waals surface area contributed by atoms with Gasteiger partial charge in [-0.1, -0.05) is 18.2 Å².